The molecule has 4 heavy (non-hydrogen) atoms. The van der Waals surface area contributed by atoms with E-state index in [1.165, 1.54) is 0 Å². The third-order valence-electron chi connectivity index (χ3n) is 0. The van der Waals surface area contributed by atoms with E-state index in [4.69, 9.17) is 5.26 Å². The molecule has 0 aromatic carbocycles. The van der Waals surface area contributed by atoms with Crippen molar-refractivity contribution in [2.24, 2.45) is 0 Å². The average molecular weight is 75.0 g/mol. The Morgan fingerprint density at radius 2 is 1.00 bits per heavy atom. The molecule has 0 amide bonds. The minimum atomic E-state index is 0. The van der Waals surface area contributed by atoms with Crippen LogP contribution in [0.25, 0.3) is 0 Å². The molecule has 3 heteroatoms. The maximum absolute atomic E-state index is 6.50. The summed E-state index contributed by atoms with van der Waals surface area (Å²) in [6.07, 6.45) is 0. The summed E-state index contributed by atoms with van der Waals surface area (Å²) in [5.41, 5.74) is 0. The number of hydrogen-bond acceptors (Lipinski definition) is 1. The first kappa shape index (κ1) is 17.9. The third-order valence-corrected chi connectivity index (χ3v) is 0. The van der Waals surface area contributed by atoms with Crippen molar-refractivity contribution in [2.45, 2.75) is 0 Å². The molecule has 0 bridgehead atoms. The zero-order chi connectivity index (χ0) is 2.00. The first-order chi connectivity index (χ1) is 1.00. The molecule has 0 heterocycles. The quantitative estimate of drug-likeness (QED) is 0.333. The number of nitriles is 1. The molecule has 0 atom stereocenters. The van der Waals surface area contributed by atoms with Crippen molar-refractivity contribution < 1.29 is 0 Å². The Morgan fingerprint density at radius 3 is 1.00 bits per heavy atom. The normalized spacial score (nSPS) is 0.500. The Hall–Kier alpha value is 1.49. The van der Waals surface area contributed by atoms with E-state index in [-0.39, 0.29) is 59.1 Å². The summed E-state index contributed by atoms with van der Waals surface area (Å²) in [5, 5.41) is 6.50. The molecule has 0 aliphatic rings. The summed E-state index contributed by atoms with van der Waals surface area (Å²) in [5.74, 6) is 0. The summed E-state index contributed by atoms with van der Waals surface area (Å²) >= 11 is 0. The zero-order valence-corrected chi connectivity index (χ0v) is 1.02. The Bertz CT molecular complexity index is 10.8. The predicted molar refractivity (Wildman–Crippen MR) is 21.0 cm³/mol. The zero-order valence-electron chi connectivity index (χ0n) is 1.02. The topological polar surface area (TPSA) is 23.8 Å². The van der Waals surface area contributed by atoms with Gasteiger partial charge in [-0.05, 0) is 0 Å². The van der Waals surface area contributed by atoms with Gasteiger partial charge >= 0.3 is 59.1 Å². The van der Waals surface area contributed by atoms with E-state index in [0.717, 1.165) is 0 Å². The van der Waals surface area contributed by atoms with Gasteiger partial charge < -0.3 is 0 Å². The van der Waals surface area contributed by atoms with Crippen molar-refractivity contribution in [3.8, 4) is 6.57 Å². The van der Waals surface area contributed by atoms with Crippen LogP contribution in [0.5, 0.6) is 0 Å². The van der Waals surface area contributed by atoms with Gasteiger partial charge in [0.2, 0.25) is 0 Å². The second kappa shape index (κ2) is 24.6. The van der Waals surface area contributed by atoms with Crippen molar-refractivity contribution in [3.63, 3.8) is 0 Å². The molecule has 0 aromatic heterocycles. The Morgan fingerprint density at radius 1 is 1.00 bits per heavy atom. The molecule has 0 fully saturated rings. The molecule has 0 saturated carbocycles. The van der Waals surface area contributed by atoms with E-state index < -0.39 is 0 Å². The average Bonchev–Trinajstić information content (AvgIpc) is 1.00. The Kier molecular flexibility index (Phi) is 110. The van der Waals surface area contributed by atoms with Crippen molar-refractivity contribution in [1.82, 2.24) is 0 Å². The van der Waals surface area contributed by atoms with Crippen LogP contribution < -0.4 is 0 Å². The molecule has 0 aliphatic heterocycles. The second-order valence-electron chi connectivity index (χ2n) is 0. The Balaban J connectivity index is -0.00000000500. The third kappa shape index (κ3) is 9.75. The van der Waals surface area contributed by atoms with Crippen LogP contribution in [-0.4, -0.2) is 59.1 Å². The van der Waals surface area contributed by atoms with Gasteiger partial charge in [-0.1, -0.05) is 0 Å². The summed E-state index contributed by atoms with van der Waals surface area (Å²) in [6.45, 7) is 3.50. The standard InChI is InChI=1S/CHN.2Na.2H/c1-2;;;;/h1H;;;;. The fourth-order valence-electron chi connectivity index (χ4n) is 0. The molecule has 14 valence electrons. The maximum atomic E-state index is 6.50. The van der Waals surface area contributed by atoms with Gasteiger partial charge in [-0.3, -0.25) is 0 Å². The van der Waals surface area contributed by atoms with Gasteiger partial charge in [-0.25, -0.2) is 5.26 Å². The summed E-state index contributed by atoms with van der Waals surface area (Å²) in [4.78, 5) is 0. The first-order valence-electron chi connectivity index (χ1n) is 0.258. The van der Waals surface area contributed by atoms with Gasteiger partial charge in [0.1, 0.15) is 0 Å². The van der Waals surface area contributed by atoms with E-state index in [1.807, 2.05) is 0 Å². The molecule has 0 aromatic rings. The minimum absolute atomic E-state index is 0. The van der Waals surface area contributed by atoms with Gasteiger partial charge in [0.05, 0.1) is 0 Å². The number of rotatable bonds is 0. The van der Waals surface area contributed by atoms with Crippen molar-refractivity contribution in [1.29, 1.82) is 5.26 Å². The molecular formula is CH3NNa2. The number of nitrogens with zero attached hydrogens (tertiary/aromatic N) is 1. The van der Waals surface area contributed by atoms with Crippen molar-refractivity contribution in [2.75, 3.05) is 0 Å². The molecule has 1 nitrogen and oxygen atoms in total. The molecule has 0 rings (SSSR count). The predicted octanol–water partition coefficient (Wildman–Crippen LogP) is -1.16. The van der Waals surface area contributed by atoms with E-state index in [9.17, 15) is 0 Å². The van der Waals surface area contributed by atoms with Gasteiger partial charge in [0, 0.05) is 6.57 Å². The summed E-state index contributed by atoms with van der Waals surface area (Å²) in [6, 6.07) is 0. The fraction of sp³-hybridized carbons (Fsp3) is 0. The molecular weight excluding hydrogens is 72.0 g/mol. The molecule has 0 saturated heterocycles. The van der Waals surface area contributed by atoms with E-state index in [1.54, 1.807) is 0 Å². The van der Waals surface area contributed by atoms with Gasteiger partial charge in [0.15, 0.2) is 0 Å². The fourth-order valence-corrected chi connectivity index (χ4v) is 0. The molecule has 0 radical (unpaired) electrons. The van der Waals surface area contributed by atoms with Crippen molar-refractivity contribution in [3.05, 3.63) is 0 Å². The van der Waals surface area contributed by atoms with E-state index in [2.05, 4.69) is 6.57 Å². The van der Waals surface area contributed by atoms with Crippen LogP contribution in [0.1, 0.15) is 0 Å². The monoisotopic (exact) mass is 75.0 g/mol. The first-order valence-corrected chi connectivity index (χ1v) is 0.258. The van der Waals surface area contributed by atoms with Gasteiger partial charge in [-0.15, -0.1) is 0 Å². The van der Waals surface area contributed by atoms with Crippen LogP contribution in [0, 0.1) is 11.8 Å². The van der Waals surface area contributed by atoms with Gasteiger partial charge in [0.25, 0.3) is 0 Å². The SMILES string of the molecule is C#N.[NaH].[NaH]. The summed E-state index contributed by atoms with van der Waals surface area (Å²) in [7, 11) is 0. The van der Waals surface area contributed by atoms with Crippen LogP contribution >= 0.6 is 0 Å². The van der Waals surface area contributed by atoms with Crippen LogP contribution in [-0.2, 0) is 0 Å². The molecule has 0 N–H and O–H groups in total. The molecule has 0 aliphatic carbocycles. The van der Waals surface area contributed by atoms with Gasteiger partial charge in [-0.2, -0.15) is 0 Å². The Labute approximate surface area is 70.0 Å². The van der Waals surface area contributed by atoms with E-state index in [0.29, 0.717) is 0 Å². The van der Waals surface area contributed by atoms with Crippen molar-refractivity contribution >= 4 is 59.1 Å². The van der Waals surface area contributed by atoms with Crippen LogP contribution in [0.3, 0.4) is 0 Å². The summed E-state index contributed by atoms with van der Waals surface area (Å²) < 4.78 is 0. The van der Waals surface area contributed by atoms with E-state index >= 15 is 0 Å². The van der Waals surface area contributed by atoms with Crippen LogP contribution in [0.2, 0.25) is 0 Å². The van der Waals surface area contributed by atoms with Crippen LogP contribution in [0.15, 0.2) is 0 Å². The number of hydrogen-bond donors (Lipinski definition) is 0. The molecule has 0 unspecified atom stereocenters. The van der Waals surface area contributed by atoms with Crippen LogP contribution in [0.4, 0.5) is 0 Å². The molecule has 0 spiro atoms. The second-order valence-corrected chi connectivity index (χ2v) is 0.